The smallest absolute Gasteiger partial charge is 0.191 e. The Bertz CT molecular complexity index is 569. The fourth-order valence-corrected chi connectivity index (χ4v) is 5.62. The second kappa shape index (κ2) is 9.80. The largest absolute Gasteiger partial charge is 0.355 e. The number of fused-ring (bicyclic) bond motifs is 1. The molecule has 2 unspecified atom stereocenters. The first-order valence-corrected chi connectivity index (χ1v) is 10.8. The molecule has 2 atom stereocenters. The number of aliphatic imine (C=N–C) groups is 1. The van der Waals surface area contributed by atoms with Crippen LogP contribution in [0.25, 0.3) is 0 Å². The van der Waals surface area contributed by atoms with Gasteiger partial charge in [-0.05, 0) is 55.9 Å². The Balaban J connectivity index is 0.00000225. The zero-order valence-corrected chi connectivity index (χ0v) is 19.5. The van der Waals surface area contributed by atoms with Gasteiger partial charge in [0.15, 0.2) is 5.96 Å². The van der Waals surface area contributed by atoms with E-state index >= 15 is 0 Å². The zero-order valence-electron chi connectivity index (χ0n) is 15.5. The Kier molecular flexibility index (Phi) is 8.36. The van der Waals surface area contributed by atoms with Crippen molar-refractivity contribution in [3.63, 3.8) is 0 Å². The number of hydrogen-bond donors (Lipinski definition) is 2. The number of thioether (sulfide) groups is 1. The summed E-state index contributed by atoms with van der Waals surface area (Å²) in [5.41, 5.74) is 1.52. The maximum atomic E-state index is 4.39. The first kappa shape index (κ1) is 21.3. The molecule has 1 saturated heterocycles. The molecule has 1 fully saturated rings. The fraction of sp³-hybridized carbons (Fsp3) is 0.722. The van der Waals surface area contributed by atoms with Gasteiger partial charge >= 0.3 is 0 Å². The van der Waals surface area contributed by atoms with E-state index in [4.69, 9.17) is 0 Å². The Hall–Kier alpha value is 0.01000. The maximum Gasteiger partial charge on any atom is 0.191 e. The van der Waals surface area contributed by atoms with Crippen LogP contribution in [0.3, 0.4) is 0 Å². The van der Waals surface area contributed by atoms with E-state index < -0.39 is 0 Å². The van der Waals surface area contributed by atoms with Crippen LogP contribution < -0.4 is 10.6 Å². The van der Waals surface area contributed by atoms with E-state index in [1.165, 1.54) is 30.6 Å². The van der Waals surface area contributed by atoms with Crippen LogP contribution in [0.15, 0.2) is 16.4 Å². The van der Waals surface area contributed by atoms with Gasteiger partial charge in [0.2, 0.25) is 0 Å². The predicted octanol–water partition coefficient (Wildman–Crippen LogP) is 3.56. The lowest BCUT2D eigenvalue weighted by Crippen LogP contribution is -2.49. The molecule has 142 valence electrons. The molecule has 3 rings (SSSR count). The topological polar surface area (TPSA) is 39.7 Å². The highest BCUT2D eigenvalue weighted by atomic mass is 127. The number of halogens is 1. The van der Waals surface area contributed by atoms with Crippen LogP contribution in [-0.4, -0.2) is 54.1 Å². The van der Waals surface area contributed by atoms with E-state index in [1.807, 2.05) is 18.4 Å². The van der Waals surface area contributed by atoms with Crippen molar-refractivity contribution < 1.29 is 0 Å². The average molecular weight is 495 g/mol. The van der Waals surface area contributed by atoms with Crippen molar-refractivity contribution >= 4 is 53.0 Å². The number of nitrogens with zero attached hydrogens (tertiary/aromatic N) is 2. The molecule has 0 aromatic carbocycles. The van der Waals surface area contributed by atoms with Crippen LogP contribution >= 0.6 is 47.1 Å². The standard InChI is InChI=1S/C18H30N4S2.HI/c1-14(22-8-5-16-15(12-22)6-10-23-16)11-20-17(19-3)21-13-18(2)7-4-9-24-18;/h6,10,14H,4-5,7-9,11-13H2,1-3H3,(H2,19,20,21);1H. The quantitative estimate of drug-likeness (QED) is 0.373. The van der Waals surface area contributed by atoms with E-state index in [2.05, 4.69) is 57.6 Å². The van der Waals surface area contributed by atoms with Gasteiger partial charge < -0.3 is 10.6 Å². The highest BCUT2D eigenvalue weighted by Crippen LogP contribution is 2.36. The third-order valence-electron chi connectivity index (χ3n) is 5.18. The molecule has 0 radical (unpaired) electrons. The molecule has 1 aromatic rings. The van der Waals surface area contributed by atoms with Crippen molar-refractivity contribution in [3.8, 4) is 0 Å². The Morgan fingerprint density at radius 3 is 3.00 bits per heavy atom. The summed E-state index contributed by atoms with van der Waals surface area (Å²) in [6, 6.07) is 2.79. The summed E-state index contributed by atoms with van der Waals surface area (Å²) >= 11 is 3.99. The van der Waals surface area contributed by atoms with Gasteiger partial charge in [-0.15, -0.1) is 35.3 Å². The summed E-state index contributed by atoms with van der Waals surface area (Å²) in [6.45, 7) is 8.85. The van der Waals surface area contributed by atoms with Gasteiger partial charge in [0.25, 0.3) is 0 Å². The summed E-state index contributed by atoms with van der Waals surface area (Å²) in [4.78, 5) is 8.54. The van der Waals surface area contributed by atoms with Gasteiger partial charge in [-0.1, -0.05) is 0 Å². The highest BCUT2D eigenvalue weighted by molar-refractivity contribution is 14.0. The van der Waals surface area contributed by atoms with Gasteiger partial charge in [0.1, 0.15) is 0 Å². The highest BCUT2D eigenvalue weighted by Gasteiger charge is 2.29. The zero-order chi connectivity index (χ0) is 17.0. The maximum absolute atomic E-state index is 4.39. The Labute approximate surface area is 177 Å². The minimum absolute atomic E-state index is 0. The van der Waals surface area contributed by atoms with Crippen LogP contribution in [-0.2, 0) is 13.0 Å². The van der Waals surface area contributed by atoms with Crippen LogP contribution in [0.2, 0.25) is 0 Å². The van der Waals surface area contributed by atoms with Crippen LogP contribution in [0.4, 0.5) is 0 Å². The van der Waals surface area contributed by atoms with Gasteiger partial charge in [-0.3, -0.25) is 9.89 Å². The molecule has 7 heteroatoms. The lowest BCUT2D eigenvalue weighted by atomic mass is 10.1. The lowest BCUT2D eigenvalue weighted by molar-refractivity contribution is 0.192. The molecule has 0 amide bonds. The summed E-state index contributed by atoms with van der Waals surface area (Å²) in [7, 11) is 1.86. The van der Waals surface area contributed by atoms with E-state index in [-0.39, 0.29) is 24.0 Å². The monoisotopic (exact) mass is 494 g/mol. The molecule has 0 spiro atoms. The van der Waals surface area contributed by atoms with E-state index in [0.717, 1.165) is 32.1 Å². The van der Waals surface area contributed by atoms with Crippen molar-refractivity contribution in [3.05, 3.63) is 21.9 Å². The number of thiophene rings is 1. The van der Waals surface area contributed by atoms with E-state index in [0.29, 0.717) is 10.8 Å². The molecule has 4 nitrogen and oxygen atoms in total. The van der Waals surface area contributed by atoms with E-state index in [9.17, 15) is 0 Å². The number of nitrogens with one attached hydrogen (secondary N) is 2. The van der Waals surface area contributed by atoms with Crippen LogP contribution in [0, 0.1) is 0 Å². The summed E-state index contributed by atoms with van der Waals surface area (Å²) in [6.07, 6.45) is 3.83. The third kappa shape index (κ3) is 5.74. The Morgan fingerprint density at radius 2 is 2.28 bits per heavy atom. The molecule has 2 aliphatic heterocycles. The van der Waals surface area contributed by atoms with Crippen LogP contribution in [0.1, 0.15) is 37.1 Å². The van der Waals surface area contributed by atoms with Crippen molar-refractivity contribution in [2.24, 2.45) is 4.99 Å². The number of rotatable bonds is 5. The normalized spacial score (nSPS) is 25.2. The molecule has 3 heterocycles. The number of hydrogen-bond acceptors (Lipinski definition) is 4. The van der Waals surface area contributed by atoms with E-state index in [1.54, 1.807) is 4.88 Å². The molecule has 2 N–H and O–H groups in total. The van der Waals surface area contributed by atoms with Crippen molar-refractivity contribution in [1.29, 1.82) is 0 Å². The molecule has 25 heavy (non-hydrogen) atoms. The molecule has 1 aromatic heterocycles. The van der Waals surface area contributed by atoms with Gasteiger partial charge in [0.05, 0.1) is 0 Å². The minimum Gasteiger partial charge on any atom is -0.355 e. The van der Waals surface area contributed by atoms with Crippen molar-refractivity contribution in [2.45, 2.75) is 50.4 Å². The molecule has 2 aliphatic rings. The fourth-order valence-electron chi connectivity index (χ4n) is 3.49. The number of guanidine groups is 1. The summed E-state index contributed by atoms with van der Waals surface area (Å²) in [5.74, 6) is 2.23. The van der Waals surface area contributed by atoms with Gasteiger partial charge in [0, 0.05) is 48.9 Å². The second-order valence-electron chi connectivity index (χ2n) is 7.15. The molecule has 0 bridgehead atoms. The van der Waals surface area contributed by atoms with Crippen LogP contribution in [0.5, 0.6) is 0 Å². The first-order chi connectivity index (χ1) is 11.6. The summed E-state index contributed by atoms with van der Waals surface area (Å²) < 4.78 is 0.367. The molecule has 0 saturated carbocycles. The third-order valence-corrected chi connectivity index (χ3v) is 7.74. The van der Waals surface area contributed by atoms with Gasteiger partial charge in [-0.25, -0.2) is 0 Å². The second-order valence-corrected chi connectivity index (χ2v) is 9.83. The lowest BCUT2D eigenvalue weighted by Gasteiger charge is -2.33. The van der Waals surface area contributed by atoms with Crippen molar-refractivity contribution in [2.75, 3.05) is 32.4 Å². The van der Waals surface area contributed by atoms with Gasteiger partial charge in [-0.2, -0.15) is 11.8 Å². The first-order valence-electron chi connectivity index (χ1n) is 8.97. The van der Waals surface area contributed by atoms with Crippen molar-refractivity contribution in [1.82, 2.24) is 15.5 Å². The predicted molar refractivity (Wildman–Crippen MR) is 123 cm³/mol. The minimum atomic E-state index is 0. The molecule has 0 aliphatic carbocycles. The SMILES string of the molecule is CN=C(NCC(C)N1CCc2sccc2C1)NCC1(C)CCCS1.I. The molecular formula is C18H31IN4S2. The molecular weight excluding hydrogens is 463 g/mol. The summed E-state index contributed by atoms with van der Waals surface area (Å²) in [5, 5.41) is 9.27. The average Bonchev–Trinajstić information content (AvgIpc) is 3.23. The Morgan fingerprint density at radius 1 is 1.44 bits per heavy atom.